The number of carbonyl (C=O) groups is 1. The van der Waals surface area contributed by atoms with Gasteiger partial charge in [0.2, 0.25) is 5.91 Å². The molecular formula is C11H14N2OS. The lowest BCUT2D eigenvalue weighted by Crippen LogP contribution is -2.31. The second-order valence-corrected chi connectivity index (χ2v) is 5.40. The monoisotopic (exact) mass is 222 g/mol. The van der Waals surface area contributed by atoms with E-state index in [2.05, 4.69) is 5.32 Å². The van der Waals surface area contributed by atoms with E-state index < -0.39 is 0 Å². The molecule has 0 fully saturated rings. The van der Waals surface area contributed by atoms with Gasteiger partial charge in [-0.05, 0) is 18.2 Å². The number of anilines is 2. The Bertz CT molecular complexity index is 415. The molecule has 3 N–H and O–H groups in total. The number of hydrogen-bond acceptors (Lipinski definition) is 3. The molecule has 0 spiro atoms. The van der Waals surface area contributed by atoms with Crippen LogP contribution in [0.5, 0.6) is 0 Å². The van der Waals surface area contributed by atoms with Crippen molar-refractivity contribution in [2.24, 2.45) is 5.41 Å². The van der Waals surface area contributed by atoms with E-state index in [-0.39, 0.29) is 11.3 Å². The summed E-state index contributed by atoms with van der Waals surface area (Å²) in [5, 5.41) is 2.92. The normalized spacial score (nSPS) is 18.9. The highest BCUT2D eigenvalue weighted by Gasteiger charge is 2.31. The first-order chi connectivity index (χ1) is 6.99. The van der Waals surface area contributed by atoms with Crippen molar-refractivity contribution in [3.05, 3.63) is 18.2 Å². The van der Waals surface area contributed by atoms with Crippen LogP contribution in [0.3, 0.4) is 0 Å². The van der Waals surface area contributed by atoms with Gasteiger partial charge < -0.3 is 11.1 Å². The summed E-state index contributed by atoms with van der Waals surface area (Å²) in [5.74, 6) is 0.841. The third kappa shape index (κ3) is 1.95. The number of amides is 1. The van der Waals surface area contributed by atoms with Gasteiger partial charge in [0.15, 0.2) is 0 Å². The van der Waals surface area contributed by atoms with Crippen LogP contribution in [0.1, 0.15) is 13.8 Å². The molecule has 15 heavy (non-hydrogen) atoms. The molecule has 1 aromatic rings. The molecule has 2 rings (SSSR count). The van der Waals surface area contributed by atoms with Crippen molar-refractivity contribution in [1.82, 2.24) is 0 Å². The molecular weight excluding hydrogens is 208 g/mol. The van der Waals surface area contributed by atoms with E-state index in [0.717, 1.165) is 22.0 Å². The number of hydrogen-bond donors (Lipinski definition) is 2. The molecule has 0 saturated carbocycles. The van der Waals surface area contributed by atoms with Crippen molar-refractivity contribution in [2.45, 2.75) is 18.7 Å². The molecule has 3 nitrogen and oxygen atoms in total. The van der Waals surface area contributed by atoms with Gasteiger partial charge in [-0.15, -0.1) is 11.8 Å². The van der Waals surface area contributed by atoms with Crippen LogP contribution in [-0.2, 0) is 4.79 Å². The molecule has 0 bridgehead atoms. The first-order valence-corrected chi connectivity index (χ1v) is 5.81. The Morgan fingerprint density at radius 3 is 2.93 bits per heavy atom. The largest absolute Gasteiger partial charge is 0.399 e. The van der Waals surface area contributed by atoms with Crippen LogP contribution in [0.25, 0.3) is 0 Å². The smallest absolute Gasteiger partial charge is 0.230 e. The Morgan fingerprint density at radius 1 is 1.47 bits per heavy atom. The van der Waals surface area contributed by atoms with Crippen molar-refractivity contribution in [3.63, 3.8) is 0 Å². The maximum absolute atomic E-state index is 11.8. The Labute approximate surface area is 93.4 Å². The number of benzene rings is 1. The SMILES string of the molecule is CC1(C)CSc2cc(N)ccc2NC1=O. The van der Waals surface area contributed by atoms with Crippen molar-refractivity contribution in [1.29, 1.82) is 0 Å². The minimum atomic E-state index is -0.335. The van der Waals surface area contributed by atoms with E-state index in [1.54, 1.807) is 17.8 Å². The lowest BCUT2D eigenvalue weighted by Gasteiger charge is -2.18. The Morgan fingerprint density at radius 2 is 2.20 bits per heavy atom. The third-order valence-electron chi connectivity index (χ3n) is 2.46. The number of nitrogens with two attached hydrogens (primary N) is 1. The second-order valence-electron chi connectivity index (χ2n) is 4.38. The fraction of sp³-hybridized carbons (Fsp3) is 0.364. The summed E-state index contributed by atoms with van der Waals surface area (Å²) >= 11 is 1.67. The molecule has 1 aromatic carbocycles. The lowest BCUT2D eigenvalue weighted by atomic mass is 9.95. The highest BCUT2D eigenvalue weighted by atomic mass is 32.2. The molecule has 1 heterocycles. The van der Waals surface area contributed by atoms with Gasteiger partial charge in [0.05, 0.1) is 11.1 Å². The molecule has 1 amide bonds. The maximum atomic E-state index is 11.8. The summed E-state index contributed by atoms with van der Waals surface area (Å²) in [6.07, 6.45) is 0. The number of carbonyl (C=O) groups excluding carboxylic acids is 1. The predicted molar refractivity (Wildman–Crippen MR) is 64.0 cm³/mol. The Hall–Kier alpha value is -1.16. The first-order valence-electron chi connectivity index (χ1n) is 4.83. The van der Waals surface area contributed by atoms with Crippen LogP contribution >= 0.6 is 11.8 Å². The van der Waals surface area contributed by atoms with Crippen molar-refractivity contribution in [3.8, 4) is 0 Å². The second kappa shape index (κ2) is 3.45. The van der Waals surface area contributed by atoms with E-state index in [9.17, 15) is 4.79 Å². The zero-order valence-electron chi connectivity index (χ0n) is 8.83. The number of nitrogens with one attached hydrogen (secondary N) is 1. The number of thioether (sulfide) groups is 1. The molecule has 0 aliphatic carbocycles. The van der Waals surface area contributed by atoms with E-state index in [4.69, 9.17) is 5.73 Å². The highest BCUT2D eigenvalue weighted by Crippen LogP contribution is 2.37. The summed E-state index contributed by atoms with van der Waals surface area (Å²) in [7, 11) is 0. The fourth-order valence-corrected chi connectivity index (χ4v) is 2.52. The predicted octanol–water partition coefficient (Wildman–Crippen LogP) is 2.34. The molecule has 0 aromatic heterocycles. The van der Waals surface area contributed by atoms with E-state index in [0.29, 0.717) is 0 Å². The van der Waals surface area contributed by atoms with E-state index in [1.165, 1.54) is 0 Å². The average Bonchev–Trinajstić information content (AvgIpc) is 2.27. The fourth-order valence-electron chi connectivity index (χ4n) is 1.38. The maximum Gasteiger partial charge on any atom is 0.230 e. The standard InChI is InChI=1S/C11H14N2OS/c1-11(2)6-15-9-5-7(12)3-4-8(9)13-10(11)14/h3-5H,6,12H2,1-2H3,(H,13,14). The van der Waals surface area contributed by atoms with Crippen LogP contribution in [0, 0.1) is 5.41 Å². The Kier molecular flexibility index (Phi) is 2.38. The first kappa shape index (κ1) is 10.4. The lowest BCUT2D eigenvalue weighted by molar-refractivity contribution is -0.122. The summed E-state index contributed by atoms with van der Waals surface area (Å²) in [6, 6.07) is 5.57. The van der Waals surface area contributed by atoms with Crippen LogP contribution < -0.4 is 11.1 Å². The molecule has 0 atom stereocenters. The quantitative estimate of drug-likeness (QED) is 0.662. The number of rotatable bonds is 0. The van der Waals surface area contributed by atoms with Gasteiger partial charge >= 0.3 is 0 Å². The van der Waals surface area contributed by atoms with Gasteiger partial charge in [-0.1, -0.05) is 13.8 Å². The summed E-state index contributed by atoms with van der Waals surface area (Å²) in [5.41, 5.74) is 6.97. The van der Waals surface area contributed by atoms with Gasteiger partial charge in [-0.25, -0.2) is 0 Å². The zero-order chi connectivity index (χ0) is 11.1. The zero-order valence-corrected chi connectivity index (χ0v) is 9.65. The van der Waals surface area contributed by atoms with Crippen molar-refractivity contribution in [2.75, 3.05) is 16.8 Å². The van der Waals surface area contributed by atoms with Gasteiger partial charge in [0.1, 0.15) is 0 Å². The molecule has 0 radical (unpaired) electrons. The average molecular weight is 222 g/mol. The number of fused-ring (bicyclic) bond motifs is 1. The topological polar surface area (TPSA) is 55.1 Å². The van der Waals surface area contributed by atoms with Crippen LogP contribution in [-0.4, -0.2) is 11.7 Å². The highest BCUT2D eigenvalue weighted by molar-refractivity contribution is 7.99. The molecule has 0 unspecified atom stereocenters. The van der Waals surface area contributed by atoms with Crippen LogP contribution in [0.2, 0.25) is 0 Å². The third-order valence-corrected chi connectivity index (χ3v) is 3.97. The van der Waals surface area contributed by atoms with E-state index >= 15 is 0 Å². The molecule has 4 heteroatoms. The molecule has 1 aliphatic rings. The molecule has 80 valence electrons. The summed E-state index contributed by atoms with van der Waals surface area (Å²) in [4.78, 5) is 12.9. The minimum absolute atomic E-state index is 0.0681. The van der Waals surface area contributed by atoms with Crippen LogP contribution in [0.4, 0.5) is 11.4 Å². The van der Waals surface area contributed by atoms with Crippen LogP contribution in [0.15, 0.2) is 23.1 Å². The number of nitrogen functional groups attached to an aromatic ring is 1. The van der Waals surface area contributed by atoms with Gasteiger partial charge in [-0.3, -0.25) is 4.79 Å². The summed E-state index contributed by atoms with van der Waals surface area (Å²) in [6.45, 7) is 3.90. The summed E-state index contributed by atoms with van der Waals surface area (Å²) < 4.78 is 0. The van der Waals surface area contributed by atoms with Gasteiger partial charge in [0, 0.05) is 16.3 Å². The van der Waals surface area contributed by atoms with Gasteiger partial charge in [0.25, 0.3) is 0 Å². The van der Waals surface area contributed by atoms with Crippen molar-refractivity contribution < 1.29 is 4.79 Å². The Balaban J connectivity index is 2.40. The van der Waals surface area contributed by atoms with Crippen molar-refractivity contribution >= 4 is 29.0 Å². The molecule has 1 aliphatic heterocycles. The molecule has 0 saturated heterocycles. The minimum Gasteiger partial charge on any atom is -0.399 e. The van der Waals surface area contributed by atoms with Gasteiger partial charge in [-0.2, -0.15) is 0 Å². The van der Waals surface area contributed by atoms with E-state index in [1.807, 2.05) is 26.0 Å².